The van der Waals surface area contributed by atoms with Gasteiger partial charge >= 0.3 is 12.0 Å². The Hall–Kier alpha value is -2.15. The third-order valence-electron chi connectivity index (χ3n) is 2.16. The Kier molecular flexibility index (Phi) is 4.52. The van der Waals surface area contributed by atoms with Crippen LogP contribution in [0, 0.1) is 5.82 Å². The molecule has 0 spiro atoms. The quantitative estimate of drug-likeness (QED) is 0.914. The van der Waals surface area contributed by atoms with Crippen LogP contribution in [0.4, 0.5) is 10.3 Å². The van der Waals surface area contributed by atoms with Crippen molar-refractivity contribution in [3.8, 4) is 17.8 Å². The Morgan fingerprint density at radius 1 is 1.25 bits per heavy atom. The van der Waals surface area contributed by atoms with Gasteiger partial charge in [0.2, 0.25) is 5.95 Å². The van der Waals surface area contributed by atoms with Gasteiger partial charge in [0.15, 0.2) is 11.6 Å². The number of nitrogens with zero attached hydrogens (tertiary/aromatic N) is 3. The van der Waals surface area contributed by atoms with Gasteiger partial charge < -0.3 is 15.2 Å². The van der Waals surface area contributed by atoms with Gasteiger partial charge in [-0.25, -0.2) is 4.39 Å². The molecule has 1 aromatic heterocycles. The summed E-state index contributed by atoms with van der Waals surface area (Å²) in [6.07, 6.45) is 0.782. The molecule has 0 aliphatic rings. The van der Waals surface area contributed by atoms with Gasteiger partial charge in [0, 0.05) is 0 Å². The Morgan fingerprint density at radius 2 is 2.00 bits per heavy atom. The summed E-state index contributed by atoms with van der Waals surface area (Å²) in [5.74, 6) is -0.891. The molecular weight excluding hydrogens is 287 g/mol. The van der Waals surface area contributed by atoms with E-state index in [1.54, 1.807) is 6.07 Å². The molecule has 2 aromatic rings. The fourth-order valence-electron chi connectivity index (χ4n) is 1.32. The summed E-state index contributed by atoms with van der Waals surface area (Å²) in [6, 6.07) is 4.20. The molecule has 0 aliphatic carbocycles. The minimum absolute atomic E-state index is 0.0248. The number of anilines is 1. The van der Waals surface area contributed by atoms with Crippen molar-refractivity contribution in [2.75, 3.05) is 12.3 Å². The molecular formula is C12H12ClFN4O2. The van der Waals surface area contributed by atoms with E-state index in [-0.39, 0.29) is 28.7 Å². The SMILES string of the molecule is CCCOc1nc(N)nc(Oc2cccc(Cl)c2F)n1. The molecule has 8 heteroatoms. The van der Waals surface area contributed by atoms with E-state index in [9.17, 15) is 4.39 Å². The first kappa shape index (κ1) is 14.3. The maximum atomic E-state index is 13.7. The van der Waals surface area contributed by atoms with Gasteiger partial charge in [0.05, 0.1) is 11.6 Å². The Balaban J connectivity index is 2.24. The molecule has 0 radical (unpaired) electrons. The minimum atomic E-state index is -0.704. The first-order valence-corrected chi connectivity index (χ1v) is 6.24. The standard InChI is InChI=1S/C12H12ClFN4O2/c1-2-6-19-11-16-10(15)17-12(18-11)20-8-5-3-4-7(13)9(8)14/h3-5H,2,6H2,1H3,(H2,15,16,17,18). The lowest BCUT2D eigenvalue weighted by Gasteiger charge is -2.08. The molecule has 0 aliphatic heterocycles. The van der Waals surface area contributed by atoms with Crippen molar-refractivity contribution < 1.29 is 13.9 Å². The van der Waals surface area contributed by atoms with E-state index < -0.39 is 5.82 Å². The predicted octanol–water partition coefficient (Wildman–Crippen LogP) is 2.83. The van der Waals surface area contributed by atoms with Crippen LogP contribution in [-0.4, -0.2) is 21.6 Å². The maximum Gasteiger partial charge on any atom is 0.330 e. The summed E-state index contributed by atoms with van der Waals surface area (Å²) in [7, 11) is 0. The molecule has 6 nitrogen and oxygen atoms in total. The largest absolute Gasteiger partial charge is 0.463 e. The molecule has 0 unspecified atom stereocenters. The molecule has 106 valence electrons. The van der Waals surface area contributed by atoms with Gasteiger partial charge in [-0.1, -0.05) is 24.6 Å². The molecule has 0 saturated heterocycles. The highest BCUT2D eigenvalue weighted by molar-refractivity contribution is 6.30. The highest BCUT2D eigenvalue weighted by Crippen LogP contribution is 2.27. The third-order valence-corrected chi connectivity index (χ3v) is 2.46. The summed E-state index contributed by atoms with van der Waals surface area (Å²) >= 11 is 5.65. The van der Waals surface area contributed by atoms with Gasteiger partial charge in [-0.15, -0.1) is 4.98 Å². The van der Waals surface area contributed by atoms with Crippen molar-refractivity contribution in [3.63, 3.8) is 0 Å². The number of benzene rings is 1. The van der Waals surface area contributed by atoms with Gasteiger partial charge in [0.1, 0.15) is 0 Å². The number of ether oxygens (including phenoxy) is 2. The van der Waals surface area contributed by atoms with Gasteiger partial charge in [-0.3, -0.25) is 0 Å². The molecule has 0 atom stereocenters. The van der Waals surface area contributed by atoms with Crippen LogP contribution < -0.4 is 15.2 Å². The number of aromatic nitrogens is 3. The van der Waals surface area contributed by atoms with E-state index in [1.807, 2.05) is 6.92 Å². The van der Waals surface area contributed by atoms with Crippen LogP contribution in [0.2, 0.25) is 5.02 Å². The number of halogens is 2. The van der Waals surface area contributed by atoms with Gasteiger partial charge in [-0.05, 0) is 18.6 Å². The van der Waals surface area contributed by atoms with E-state index in [0.29, 0.717) is 6.61 Å². The molecule has 0 fully saturated rings. The van der Waals surface area contributed by atoms with Crippen molar-refractivity contribution in [2.24, 2.45) is 0 Å². The summed E-state index contributed by atoms with van der Waals surface area (Å²) in [6.45, 7) is 2.36. The number of hydrogen-bond donors (Lipinski definition) is 1. The molecule has 0 bridgehead atoms. The number of hydrogen-bond acceptors (Lipinski definition) is 6. The Labute approximate surface area is 119 Å². The molecule has 0 saturated carbocycles. The Bertz CT molecular complexity index is 612. The van der Waals surface area contributed by atoms with Crippen molar-refractivity contribution in [1.29, 1.82) is 0 Å². The highest BCUT2D eigenvalue weighted by atomic mass is 35.5. The van der Waals surface area contributed by atoms with Crippen molar-refractivity contribution in [3.05, 3.63) is 29.0 Å². The lowest BCUT2D eigenvalue weighted by atomic mass is 10.3. The normalized spacial score (nSPS) is 10.3. The van der Waals surface area contributed by atoms with Crippen LogP contribution >= 0.6 is 11.6 Å². The van der Waals surface area contributed by atoms with Gasteiger partial charge in [0.25, 0.3) is 0 Å². The monoisotopic (exact) mass is 298 g/mol. The van der Waals surface area contributed by atoms with E-state index in [4.69, 9.17) is 26.8 Å². The van der Waals surface area contributed by atoms with E-state index in [1.165, 1.54) is 12.1 Å². The molecule has 2 N–H and O–H groups in total. The van der Waals surface area contributed by atoms with E-state index in [0.717, 1.165) is 6.42 Å². The summed E-state index contributed by atoms with van der Waals surface area (Å²) in [4.78, 5) is 11.4. The summed E-state index contributed by atoms with van der Waals surface area (Å²) in [5.41, 5.74) is 5.51. The van der Waals surface area contributed by atoms with Crippen LogP contribution in [0.1, 0.15) is 13.3 Å². The molecule has 2 rings (SSSR count). The third kappa shape index (κ3) is 3.45. The maximum absolute atomic E-state index is 13.7. The predicted molar refractivity (Wildman–Crippen MR) is 71.5 cm³/mol. The molecule has 1 heterocycles. The van der Waals surface area contributed by atoms with Crippen molar-refractivity contribution >= 4 is 17.5 Å². The average Bonchev–Trinajstić information content (AvgIpc) is 2.41. The van der Waals surface area contributed by atoms with Gasteiger partial charge in [-0.2, -0.15) is 9.97 Å². The lowest BCUT2D eigenvalue weighted by Crippen LogP contribution is -2.06. The smallest absolute Gasteiger partial charge is 0.330 e. The zero-order chi connectivity index (χ0) is 14.5. The van der Waals surface area contributed by atoms with Crippen LogP contribution in [0.15, 0.2) is 18.2 Å². The number of rotatable bonds is 5. The lowest BCUT2D eigenvalue weighted by molar-refractivity contribution is 0.284. The second-order valence-corrected chi connectivity index (χ2v) is 4.17. The summed E-state index contributed by atoms with van der Waals surface area (Å²) in [5, 5.41) is -0.0630. The van der Waals surface area contributed by atoms with Crippen LogP contribution in [0.3, 0.4) is 0 Å². The van der Waals surface area contributed by atoms with Crippen LogP contribution in [0.5, 0.6) is 17.8 Å². The second-order valence-electron chi connectivity index (χ2n) is 3.76. The Morgan fingerprint density at radius 3 is 2.75 bits per heavy atom. The second kappa shape index (κ2) is 6.33. The molecule has 20 heavy (non-hydrogen) atoms. The van der Waals surface area contributed by atoms with Crippen LogP contribution in [-0.2, 0) is 0 Å². The number of nitrogens with two attached hydrogens (primary N) is 1. The van der Waals surface area contributed by atoms with Crippen molar-refractivity contribution in [2.45, 2.75) is 13.3 Å². The zero-order valence-corrected chi connectivity index (χ0v) is 11.4. The highest BCUT2D eigenvalue weighted by Gasteiger charge is 2.12. The topological polar surface area (TPSA) is 83.2 Å². The zero-order valence-electron chi connectivity index (χ0n) is 10.6. The molecule has 0 amide bonds. The van der Waals surface area contributed by atoms with E-state index in [2.05, 4.69) is 15.0 Å². The fourth-order valence-corrected chi connectivity index (χ4v) is 1.48. The first-order chi connectivity index (χ1) is 9.60. The van der Waals surface area contributed by atoms with Crippen LogP contribution in [0.25, 0.3) is 0 Å². The summed E-state index contributed by atoms with van der Waals surface area (Å²) < 4.78 is 24.1. The molecule has 1 aromatic carbocycles. The first-order valence-electron chi connectivity index (χ1n) is 5.86. The number of nitrogen functional groups attached to an aromatic ring is 1. The average molecular weight is 299 g/mol. The fraction of sp³-hybridized carbons (Fsp3) is 0.250. The van der Waals surface area contributed by atoms with Crippen molar-refractivity contribution in [1.82, 2.24) is 15.0 Å². The minimum Gasteiger partial charge on any atom is -0.463 e. The van der Waals surface area contributed by atoms with E-state index >= 15 is 0 Å².